The Morgan fingerprint density at radius 2 is 1.90 bits per heavy atom. The lowest BCUT2D eigenvalue weighted by atomic mass is 9.95. The lowest BCUT2D eigenvalue weighted by Gasteiger charge is -2.25. The number of aliphatic hydroxyl groups excluding tert-OH is 1. The zero-order chi connectivity index (χ0) is 22.5. The van der Waals surface area contributed by atoms with Gasteiger partial charge in [-0.05, 0) is 38.5 Å². The third-order valence-electron chi connectivity index (χ3n) is 5.08. The van der Waals surface area contributed by atoms with Crippen molar-refractivity contribution in [2.75, 3.05) is 20.3 Å². The van der Waals surface area contributed by atoms with Gasteiger partial charge in [-0.25, -0.2) is 4.39 Å². The summed E-state index contributed by atoms with van der Waals surface area (Å²) in [5, 5.41) is 11.0. The molecule has 1 aliphatic rings. The quantitative estimate of drug-likeness (QED) is 0.297. The highest BCUT2D eigenvalue weighted by Crippen LogP contribution is 2.40. The highest BCUT2D eigenvalue weighted by molar-refractivity contribution is 6.46. The third kappa shape index (κ3) is 4.77. The number of benzene rings is 2. The summed E-state index contributed by atoms with van der Waals surface area (Å²) in [5.41, 5.74) is 0.311. The second-order valence-corrected chi connectivity index (χ2v) is 7.52. The highest BCUT2D eigenvalue weighted by Gasteiger charge is 2.46. The van der Waals surface area contributed by atoms with Crippen molar-refractivity contribution in [3.63, 3.8) is 0 Å². The SMILES string of the molecule is COc1cccc(C(O)=C2C(=O)C(=O)N(CCCOC(C)C)[C@H]2c2ccccc2F)c1. The third-order valence-corrected chi connectivity index (χ3v) is 5.08. The first-order valence-electron chi connectivity index (χ1n) is 10.1. The Labute approximate surface area is 180 Å². The smallest absolute Gasteiger partial charge is 0.295 e. The van der Waals surface area contributed by atoms with E-state index in [1.165, 1.54) is 30.2 Å². The molecule has 2 aromatic rings. The molecule has 0 unspecified atom stereocenters. The van der Waals surface area contributed by atoms with Gasteiger partial charge in [-0.1, -0.05) is 30.3 Å². The van der Waals surface area contributed by atoms with Gasteiger partial charge in [-0.15, -0.1) is 0 Å². The average Bonchev–Trinajstić information content (AvgIpc) is 3.01. The van der Waals surface area contributed by atoms with Crippen LogP contribution in [-0.2, 0) is 14.3 Å². The maximum atomic E-state index is 14.7. The number of halogens is 1. The number of ketones is 1. The van der Waals surface area contributed by atoms with E-state index in [0.717, 1.165) is 0 Å². The maximum Gasteiger partial charge on any atom is 0.295 e. The van der Waals surface area contributed by atoms with E-state index in [2.05, 4.69) is 0 Å². The Kier molecular flexibility index (Phi) is 7.07. The molecule has 0 radical (unpaired) electrons. The van der Waals surface area contributed by atoms with E-state index in [9.17, 15) is 19.1 Å². The van der Waals surface area contributed by atoms with Gasteiger partial charge >= 0.3 is 0 Å². The summed E-state index contributed by atoms with van der Waals surface area (Å²) in [4.78, 5) is 27.1. The number of carbonyl (C=O) groups is 2. The minimum absolute atomic E-state index is 0.0332. The number of Topliss-reactive ketones (excluding diaryl/α,β-unsaturated/α-hetero) is 1. The van der Waals surface area contributed by atoms with Crippen LogP contribution in [0.3, 0.4) is 0 Å². The van der Waals surface area contributed by atoms with Crippen molar-refractivity contribution in [2.24, 2.45) is 0 Å². The summed E-state index contributed by atoms with van der Waals surface area (Å²) in [5.74, 6) is -2.08. The standard InChI is InChI=1S/C24H26FNO5/c1-15(2)31-13-7-12-26-21(18-10-4-5-11-19(18)25)20(23(28)24(26)29)22(27)16-8-6-9-17(14-16)30-3/h4-6,8-11,14-15,21,27H,7,12-13H2,1-3H3/t21-/m0/s1. The Morgan fingerprint density at radius 3 is 2.58 bits per heavy atom. The van der Waals surface area contributed by atoms with Crippen molar-refractivity contribution in [2.45, 2.75) is 32.4 Å². The second kappa shape index (κ2) is 9.75. The number of hydrogen-bond donors (Lipinski definition) is 1. The van der Waals surface area contributed by atoms with E-state index in [1.54, 1.807) is 30.3 Å². The summed E-state index contributed by atoms with van der Waals surface area (Å²) in [6.07, 6.45) is 0.501. The number of nitrogens with zero attached hydrogens (tertiary/aromatic N) is 1. The molecule has 2 aromatic carbocycles. The number of likely N-dealkylation sites (tertiary alicyclic amines) is 1. The fourth-order valence-electron chi connectivity index (χ4n) is 3.61. The van der Waals surface area contributed by atoms with Crippen LogP contribution in [0.15, 0.2) is 54.1 Å². The molecule has 1 amide bonds. The van der Waals surface area contributed by atoms with E-state index >= 15 is 0 Å². The molecule has 1 fully saturated rings. The molecule has 0 spiro atoms. The molecule has 7 heteroatoms. The predicted octanol–water partition coefficient (Wildman–Crippen LogP) is 4.07. The van der Waals surface area contributed by atoms with Crippen LogP contribution in [0.25, 0.3) is 5.76 Å². The molecule has 1 atom stereocenters. The molecule has 6 nitrogen and oxygen atoms in total. The fourth-order valence-corrected chi connectivity index (χ4v) is 3.61. The van der Waals surface area contributed by atoms with Crippen LogP contribution < -0.4 is 4.74 Å². The number of hydrogen-bond acceptors (Lipinski definition) is 5. The molecule has 31 heavy (non-hydrogen) atoms. The van der Waals surface area contributed by atoms with Gasteiger partial charge < -0.3 is 19.5 Å². The Bertz CT molecular complexity index is 1000. The summed E-state index contributed by atoms with van der Waals surface area (Å²) in [6, 6.07) is 11.4. The van der Waals surface area contributed by atoms with E-state index in [4.69, 9.17) is 9.47 Å². The second-order valence-electron chi connectivity index (χ2n) is 7.52. The summed E-state index contributed by atoms with van der Waals surface area (Å²) >= 11 is 0. The van der Waals surface area contributed by atoms with Crippen LogP contribution in [0, 0.1) is 5.82 Å². The first-order valence-corrected chi connectivity index (χ1v) is 10.1. The predicted molar refractivity (Wildman–Crippen MR) is 114 cm³/mol. The van der Waals surface area contributed by atoms with Gasteiger partial charge in [0, 0.05) is 24.3 Å². The van der Waals surface area contributed by atoms with Crippen molar-refractivity contribution < 1.29 is 28.6 Å². The van der Waals surface area contributed by atoms with Crippen LogP contribution in [0.2, 0.25) is 0 Å². The van der Waals surface area contributed by atoms with Gasteiger partial charge in [0.15, 0.2) is 0 Å². The van der Waals surface area contributed by atoms with Crippen molar-refractivity contribution >= 4 is 17.4 Å². The van der Waals surface area contributed by atoms with Crippen molar-refractivity contribution in [3.8, 4) is 5.75 Å². The Balaban J connectivity index is 2.06. The summed E-state index contributed by atoms with van der Waals surface area (Å²) < 4.78 is 25.4. The van der Waals surface area contributed by atoms with Crippen LogP contribution in [-0.4, -0.2) is 48.1 Å². The molecule has 1 heterocycles. The first kappa shape index (κ1) is 22.5. The molecule has 0 aliphatic carbocycles. The minimum atomic E-state index is -1.04. The van der Waals surface area contributed by atoms with Crippen LogP contribution in [0.1, 0.15) is 37.4 Å². The Hall–Kier alpha value is -3.19. The maximum absolute atomic E-state index is 14.7. The average molecular weight is 427 g/mol. The molecule has 0 aromatic heterocycles. The molecule has 1 N–H and O–H groups in total. The van der Waals surface area contributed by atoms with Crippen LogP contribution >= 0.6 is 0 Å². The van der Waals surface area contributed by atoms with Crippen molar-refractivity contribution in [1.29, 1.82) is 0 Å². The fraction of sp³-hybridized carbons (Fsp3) is 0.333. The molecule has 0 bridgehead atoms. The Morgan fingerprint density at radius 1 is 1.16 bits per heavy atom. The van der Waals surface area contributed by atoms with Gasteiger partial charge in [0.25, 0.3) is 11.7 Å². The molecule has 0 saturated carbocycles. The van der Waals surface area contributed by atoms with Gasteiger partial charge in [0.05, 0.1) is 24.8 Å². The zero-order valence-corrected chi connectivity index (χ0v) is 17.8. The van der Waals surface area contributed by atoms with E-state index in [1.807, 2.05) is 13.8 Å². The summed E-state index contributed by atoms with van der Waals surface area (Å²) in [7, 11) is 1.48. The number of aliphatic hydroxyl groups is 1. The molecular formula is C24H26FNO5. The van der Waals surface area contributed by atoms with Gasteiger partial charge in [0.1, 0.15) is 17.3 Å². The van der Waals surface area contributed by atoms with Crippen LogP contribution in [0.5, 0.6) is 5.75 Å². The molecular weight excluding hydrogens is 401 g/mol. The minimum Gasteiger partial charge on any atom is -0.507 e. The largest absolute Gasteiger partial charge is 0.507 e. The van der Waals surface area contributed by atoms with Gasteiger partial charge in [0.2, 0.25) is 0 Å². The lowest BCUT2D eigenvalue weighted by molar-refractivity contribution is -0.140. The van der Waals surface area contributed by atoms with Gasteiger partial charge in [-0.2, -0.15) is 0 Å². The zero-order valence-electron chi connectivity index (χ0n) is 17.8. The van der Waals surface area contributed by atoms with Gasteiger partial charge in [-0.3, -0.25) is 9.59 Å². The molecule has 1 saturated heterocycles. The van der Waals surface area contributed by atoms with E-state index in [0.29, 0.717) is 24.3 Å². The number of amides is 1. The first-order chi connectivity index (χ1) is 14.8. The lowest BCUT2D eigenvalue weighted by Crippen LogP contribution is -2.31. The number of methoxy groups -OCH3 is 1. The summed E-state index contributed by atoms with van der Waals surface area (Å²) in [6.45, 7) is 4.38. The number of rotatable bonds is 8. The molecule has 164 valence electrons. The monoisotopic (exact) mass is 427 g/mol. The normalized spacial score (nSPS) is 18.1. The van der Waals surface area contributed by atoms with E-state index < -0.39 is 23.5 Å². The van der Waals surface area contributed by atoms with Crippen LogP contribution in [0.4, 0.5) is 4.39 Å². The molecule has 3 rings (SSSR count). The highest BCUT2D eigenvalue weighted by atomic mass is 19.1. The number of ether oxygens (including phenoxy) is 2. The van der Waals surface area contributed by atoms with Crippen molar-refractivity contribution in [1.82, 2.24) is 4.90 Å². The van der Waals surface area contributed by atoms with Crippen molar-refractivity contribution in [3.05, 3.63) is 71.0 Å². The molecule has 1 aliphatic heterocycles. The number of carbonyl (C=O) groups excluding carboxylic acids is 2. The topological polar surface area (TPSA) is 76.1 Å². The van der Waals surface area contributed by atoms with E-state index in [-0.39, 0.29) is 29.5 Å².